The van der Waals surface area contributed by atoms with E-state index in [2.05, 4.69) is 21.1 Å². The molecule has 6 heteroatoms. The molecule has 1 aromatic heterocycles. The quantitative estimate of drug-likeness (QED) is 0.625. The Morgan fingerprint density at radius 2 is 1.96 bits per heavy atom. The maximum Gasteiger partial charge on any atom is 0.339 e. The fourth-order valence-electron chi connectivity index (χ4n) is 1.99. The van der Waals surface area contributed by atoms with Gasteiger partial charge in [-0.15, -0.1) is 0 Å². The molecule has 0 saturated heterocycles. The third kappa shape index (κ3) is 3.65. The second kappa shape index (κ2) is 6.75. The molecule has 0 unspecified atom stereocenters. The lowest BCUT2D eigenvalue weighted by molar-refractivity contribution is 0.0462. The number of halogens is 2. The second-order valence-corrected chi connectivity index (χ2v) is 5.60. The highest BCUT2D eigenvalue weighted by molar-refractivity contribution is 9.10. The van der Waals surface area contributed by atoms with E-state index in [1.54, 1.807) is 6.07 Å². The van der Waals surface area contributed by atoms with Crippen LogP contribution >= 0.6 is 15.9 Å². The molecule has 0 atom stereocenters. The molecule has 3 aromatic rings. The fraction of sp³-hybridized carbons (Fsp3) is 0.0588. The molecule has 0 saturated carbocycles. The predicted octanol–water partition coefficient (Wildman–Crippen LogP) is 4.60. The average molecular weight is 376 g/mol. The molecule has 0 aliphatic rings. The zero-order valence-corrected chi connectivity index (χ0v) is 13.4. The second-order valence-electron chi connectivity index (χ2n) is 4.75. The number of aromatic nitrogens is 1. The monoisotopic (exact) mass is 375 g/mol. The van der Waals surface area contributed by atoms with Crippen molar-refractivity contribution < 1.29 is 18.4 Å². The number of esters is 1. The van der Waals surface area contributed by atoms with Crippen LogP contribution in [0.2, 0.25) is 0 Å². The van der Waals surface area contributed by atoms with E-state index >= 15 is 0 Å². The maximum absolute atomic E-state index is 13.2. The molecular formula is C17H11BrFNO3. The van der Waals surface area contributed by atoms with Gasteiger partial charge in [0, 0.05) is 16.1 Å². The zero-order valence-electron chi connectivity index (χ0n) is 11.8. The van der Waals surface area contributed by atoms with Gasteiger partial charge in [-0.3, -0.25) is 0 Å². The molecule has 1 heterocycles. The summed E-state index contributed by atoms with van der Waals surface area (Å²) in [6.07, 6.45) is 0. The number of rotatable bonds is 4. The molecule has 0 aliphatic carbocycles. The standard InChI is InChI=1S/C17H11BrFNO3/c18-15-7-6-12(19)8-14(15)17(21)22-10-13-9-16(23-20-13)11-4-2-1-3-5-11/h1-9H,10H2. The molecule has 0 fully saturated rings. The smallest absolute Gasteiger partial charge is 0.339 e. The van der Waals surface area contributed by atoms with Gasteiger partial charge in [-0.2, -0.15) is 0 Å². The highest BCUT2D eigenvalue weighted by atomic mass is 79.9. The van der Waals surface area contributed by atoms with E-state index in [4.69, 9.17) is 9.26 Å². The zero-order chi connectivity index (χ0) is 16.2. The summed E-state index contributed by atoms with van der Waals surface area (Å²) >= 11 is 3.19. The molecule has 116 valence electrons. The van der Waals surface area contributed by atoms with Gasteiger partial charge in [0.25, 0.3) is 0 Å². The van der Waals surface area contributed by atoms with Gasteiger partial charge in [0.2, 0.25) is 0 Å². The number of ether oxygens (including phenoxy) is 1. The van der Waals surface area contributed by atoms with Crippen LogP contribution in [-0.4, -0.2) is 11.1 Å². The molecule has 0 aliphatic heterocycles. The minimum absolute atomic E-state index is 0.0574. The van der Waals surface area contributed by atoms with Crippen molar-refractivity contribution in [3.05, 3.63) is 76.1 Å². The van der Waals surface area contributed by atoms with Crippen LogP contribution in [0.5, 0.6) is 0 Å². The maximum atomic E-state index is 13.2. The van der Waals surface area contributed by atoms with Crippen LogP contribution in [0.3, 0.4) is 0 Å². The normalized spacial score (nSPS) is 10.5. The highest BCUT2D eigenvalue weighted by Crippen LogP contribution is 2.21. The van der Waals surface area contributed by atoms with Crippen molar-refractivity contribution in [1.29, 1.82) is 0 Å². The third-order valence-corrected chi connectivity index (χ3v) is 3.81. The van der Waals surface area contributed by atoms with Gasteiger partial charge in [0.15, 0.2) is 5.76 Å². The van der Waals surface area contributed by atoms with E-state index in [0.717, 1.165) is 11.6 Å². The van der Waals surface area contributed by atoms with Crippen LogP contribution < -0.4 is 0 Å². The molecule has 4 nitrogen and oxygen atoms in total. The summed E-state index contributed by atoms with van der Waals surface area (Å²) in [4.78, 5) is 12.0. The Labute approximate surface area is 140 Å². The minimum atomic E-state index is -0.638. The number of hydrogen-bond donors (Lipinski definition) is 0. The Kier molecular flexibility index (Phi) is 4.52. The molecule has 0 bridgehead atoms. The van der Waals surface area contributed by atoms with Crippen molar-refractivity contribution in [3.8, 4) is 11.3 Å². The van der Waals surface area contributed by atoms with Crippen LogP contribution in [0.25, 0.3) is 11.3 Å². The van der Waals surface area contributed by atoms with Crippen LogP contribution in [0, 0.1) is 5.82 Å². The van der Waals surface area contributed by atoms with E-state index in [-0.39, 0.29) is 12.2 Å². The number of carbonyl (C=O) groups is 1. The summed E-state index contributed by atoms with van der Waals surface area (Å²) in [5.41, 5.74) is 1.48. The Morgan fingerprint density at radius 3 is 2.74 bits per heavy atom. The predicted molar refractivity (Wildman–Crippen MR) is 85.2 cm³/mol. The van der Waals surface area contributed by atoms with Crippen molar-refractivity contribution in [2.75, 3.05) is 0 Å². The molecular weight excluding hydrogens is 365 g/mol. The molecule has 0 amide bonds. The van der Waals surface area contributed by atoms with Gasteiger partial charge in [-0.05, 0) is 34.1 Å². The lowest BCUT2D eigenvalue weighted by Gasteiger charge is -2.04. The first-order valence-corrected chi connectivity index (χ1v) is 7.56. The van der Waals surface area contributed by atoms with Crippen molar-refractivity contribution in [2.24, 2.45) is 0 Å². The number of hydrogen-bond acceptors (Lipinski definition) is 4. The highest BCUT2D eigenvalue weighted by Gasteiger charge is 2.14. The SMILES string of the molecule is O=C(OCc1cc(-c2ccccc2)on1)c1cc(F)ccc1Br. The summed E-state index contributed by atoms with van der Waals surface area (Å²) in [5.74, 6) is -0.558. The number of carbonyl (C=O) groups excluding carboxylic acids is 1. The largest absolute Gasteiger partial charge is 0.455 e. The lowest BCUT2D eigenvalue weighted by Crippen LogP contribution is -2.06. The van der Waals surface area contributed by atoms with E-state index in [0.29, 0.717) is 15.9 Å². The van der Waals surface area contributed by atoms with Crippen LogP contribution in [0.15, 0.2) is 63.6 Å². The van der Waals surface area contributed by atoms with Crippen molar-refractivity contribution in [1.82, 2.24) is 5.16 Å². The molecule has 23 heavy (non-hydrogen) atoms. The Hall–Kier alpha value is -2.47. The molecule has 0 radical (unpaired) electrons. The van der Waals surface area contributed by atoms with Gasteiger partial charge in [0.05, 0.1) is 5.56 Å². The van der Waals surface area contributed by atoms with E-state index in [1.165, 1.54) is 12.1 Å². The van der Waals surface area contributed by atoms with Gasteiger partial charge in [-0.25, -0.2) is 9.18 Å². The van der Waals surface area contributed by atoms with Crippen molar-refractivity contribution in [2.45, 2.75) is 6.61 Å². The number of nitrogens with zero attached hydrogens (tertiary/aromatic N) is 1. The average Bonchev–Trinajstić information content (AvgIpc) is 3.05. The van der Waals surface area contributed by atoms with E-state index < -0.39 is 11.8 Å². The van der Waals surface area contributed by atoms with E-state index in [9.17, 15) is 9.18 Å². The lowest BCUT2D eigenvalue weighted by atomic mass is 10.2. The topological polar surface area (TPSA) is 52.3 Å². The van der Waals surface area contributed by atoms with Crippen LogP contribution in [-0.2, 0) is 11.3 Å². The van der Waals surface area contributed by atoms with Gasteiger partial charge in [-0.1, -0.05) is 35.5 Å². The van der Waals surface area contributed by atoms with Crippen LogP contribution in [0.4, 0.5) is 4.39 Å². The Balaban J connectivity index is 1.68. The number of benzene rings is 2. The van der Waals surface area contributed by atoms with Crippen LogP contribution in [0.1, 0.15) is 16.1 Å². The van der Waals surface area contributed by atoms with E-state index in [1.807, 2.05) is 30.3 Å². The first kappa shape index (κ1) is 15.4. The van der Waals surface area contributed by atoms with Crippen molar-refractivity contribution in [3.63, 3.8) is 0 Å². The van der Waals surface area contributed by atoms with Crippen molar-refractivity contribution >= 4 is 21.9 Å². The molecule has 2 aromatic carbocycles. The minimum Gasteiger partial charge on any atom is -0.455 e. The van der Waals surface area contributed by atoms with Gasteiger partial charge in [0.1, 0.15) is 18.1 Å². The first-order chi connectivity index (χ1) is 11.1. The summed E-state index contributed by atoms with van der Waals surface area (Å²) in [6.45, 7) is -0.0574. The molecule has 0 spiro atoms. The first-order valence-electron chi connectivity index (χ1n) is 6.76. The Bertz CT molecular complexity index is 833. The third-order valence-electron chi connectivity index (χ3n) is 3.12. The fourth-order valence-corrected chi connectivity index (χ4v) is 2.40. The summed E-state index contributed by atoms with van der Waals surface area (Å²) in [5, 5.41) is 3.86. The summed E-state index contributed by atoms with van der Waals surface area (Å²) in [6, 6.07) is 15.0. The van der Waals surface area contributed by atoms with Gasteiger partial charge >= 0.3 is 5.97 Å². The Morgan fingerprint density at radius 1 is 1.17 bits per heavy atom. The summed E-state index contributed by atoms with van der Waals surface area (Å²) in [7, 11) is 0. The molecule has 3 rings (SSSR count). The summed E-state index contributed by atoms with van der Waals surface area (Å²) < 4.78 is 24.0. The van der Waals surface area contributed by atoms with Gasteiger partial charge < -0.3 is 9.26 Å². The molecule has 0 N–H and O–H groups in total.